The van der Waals surface area contributed by atoms with Gasteiger partial charge in [0.25, 0.3) is 12.3 Å². The first kappa shape index (κ1) is 21.2. The van der Waals surface area contributed by atoms with Gasteiger partial charge >= 0.3 is 0 Å². The molecule has 4 aromatic rings. The van der Waals surface area contributed by atoms with Gasteiger partial charge in [-0.2, -0.15) is 9.49 Å². The average molecular weight is 432 g/mol. The molecule has 0 fully saturated rings. The van der Waals surface area contributed by atoms with Gasteiger partial charge in [-0.15, -0.1) is 0 Å². The molecule has 0 aliphatic carbocycles. The van der Waals surface area contributed by atoms with Crippen molar-refractivity contribution in [1.82, 2.24) is 14.8 Å². The zero-order valence-electron chi connectivity index (χ0n) is 17.3. The number of alkyl halides is 1. The average Bonchev–Trinajstić information content (AvgIpc) is 3.19. The second-order valence-electron chi connectivity index (χ2n) is 7.10. The Hall–Kier alpha value is -4.04. The van der Waals surface area contributed by atoms with Gasteiger partial charge in [-0.3, -0.25) is 9.48 Å². The largest absolute Gasteiger partial charge is 0.457 e. The molecule has 1 amide bonds. The Morgan fingerprint density at radius 2 is 2.00 bits per heavy atom. The summed E-state index contributed by atoms with van der Waals surface area (Å²) in [5.74, 6) is 0.335. The lowest BCUT2D eigenvalue weighted by Crippen LogP contribution is -2.13. The quantitative estimate of drug-likeness (QED) is 0.427. The Labute approximate surface area is 183 Å². The van der Waals surface area contributed by atoms with Crippen LogP contribution in [0.1, 0.15) is 16.1 Å². The molecule has 0 bridgehead atoms. The SMILES string of the molecule is C=CC(F)Oc1ccc(C(=O)Nc2cc3cc(-c4cnn(C)c4CO)ccc3cn2)cc1. The highest BCUT2D eigenvalue weighted by molar-refractivity contribution is 6.04. The number of hydrogen-bond donors (Lipinski definition) is 2. The third-order valence-electron chi connectivity index (χ3n) is 5.04. The number of nitrogens with one attached hydrogen (secondary N) is 1. The molecule has 0 saturated carbocycles. The minimum atomic E-state index is -1.61. The van der Waals surface area contributed by atoms with Crippen molar-refractivity contribution in [2.45, 2.75) is 13.0 Å². The first-order chi connectivity index (χ1) is 15.5. The molecule has 2 aromatic heterocycles. The van der Waals surface area contributed by atoms with Gasteiger partial charge in [-0.1, -0.05) is 18.7 Å². The molecule has 0 aliphatic heterocycles. The molecule has 162 valence electrons. The number of halogens is 1. The monoisotopic (exact) mass is 432 g/mol. The highest BCUT2D eigenvalue weighted by Crippen LogP contribution is 2.28. The first-order valence-electron chi connectivity index (χ1n) is 9.85. The zero-order valence-corrected chi connectivity index (χ0v) is 17.3. The molecule has 2 N–H and O–H groups in total. The molecule has 0 aliphatic rings. The number of aliphatic hydroxyl groups is 1. The molecule has 32 heavy (non-hydrogen) atoms. The number of aliphatic hydroxyl groups excluding tert-OH is 1. The highest BCUT2D eigenvalue weighted by Gasteiger charge is 2.12. The van der Waals surface area contributed by atoms with Gasteiger partial charge in [-0.25, -0.2) is 4.98 Å². The van der Waals surface area contributed by atoms with Crippen LogP contribution < -0.4 is 10.1 Å². The number of carbonyl (C=O) groups excluding carboxylic acids is 1. The number of fused-ring (bicyclic) bond motifs is 1. The van der Waals surface area contributed by atoms with E-state index in [1.54, 1.807) is 42.3 Å². The van der Waals surface area contributed by atoms with Crippen LogP contribution in [0.5, 0.6) is 5.75 Å². The summed E-state index contributed by atoms with van der Waals surface area (Å²) in [5.41, 5.74) is 2.84. The van der Waals surface area contributed by atoms with E-state index in [9.17, 15) is 14.3 Å². The maximum Gasteiger partial charge on any atom is 0.257 e. The fourth-order valence-electron chi connectivity index (χ4n) is 3.32. The van der Waals surface area contributed by atoms with E-state index < -0.39 is 6.36 Å². The molecule has 0 saturated heterocycles. The molecule has 2 aromatic carbocycles. The summed E-state index contributed by atoms with van der Waals surface area (Å²) in [6.45, 7) is 3.20. The normalized spacial score (nSPS) is 11.8. The van der Waals surface area contributed by atoms with Crippen LogP contribution in [-0.4, -0.2) is 32.1 Å². The summed E-state index contributed by atoms with van der Waals surface area (Å²) >= 11 is 0. The lowest BCUT2D eigenvalue weighted by Gasteiger charge is -2.09. The summed E-state index contributed by atoms with van der Waals surface area (Å²) in [4.78, 5) is 16.9. The molecule has 0 radical (unpaired) electrons. The van der Waals surface area contributed by atoms with Crippen LogP contribution in [0.3, 0.4) is 0 Å². The number of nitrogens with zero attached hydrogens (tertiary/aromatic N) is 3. The van der Waals surface area contributed by atoms with E-state index in [1.807, 2.05) is 18.2 Å². The van der Waals surface area contributed by atoms with Crippen LogP contribution in [0.25, 0.3) is 21.9 Å². The van der Waals surface area contributed by atoms with E-state index in [0.717, 1.165) is 28.0 Å². The van der Waals surface area contributed by atoms with Gasteiger partial charge < -0.3 is 15.2 Å². The van der Waals surface area contributed by atoms with Gasteiger partial charge in [0.1, 0.15) is 11.6 Å². The van der Waals surface area contributed by atoms with Crippen LogP contribution >= 0.6 is 0 Å². The number of pyridine rings is 1. The van der Waals surface area contributed by atoms with Crippen molar-refractivity contribution in [3.8, 4) is 16.9 Å². The van der Waals surface area contributed by atoms with Crippen LogP contribution in [0.4, 0.5) is 10.2 Å². The summed E-state index contributed by atoms with van der Waals surface area (Å²) in [6, 6.07) is 13.7. The van der Waals surface area contributed by atoms with Gasteiger partial charge in [0, 0.05) is 29.8 Å². The second-order valence-corrected chi connectivity index (χ2v) is 7.10. The van der Waals surface area contributed by atoms with Crippen LogP contribution in [0.15, 0.2) is 73.6 Å². The van der Waals surface area contributed by atoms with Gasteiger partial charge in [0.2, 0.25) is 0 Å². The standard InChI is InChI=1S/C24H21FN4O3/c1-3-22(25)32-19-8-6-15(7-9-19)24(31)28-23-11-18-10-16(4-5-17(18)12-26-23)20-13-27-29(2)21(20)14-30/h3-13,22,30H,1,14H2,2H3,(H,26,28,31). The third kappa shape index (κ3) is 4.35. The second kappa shape index (κ2) is 8.99. The fraction of sp³-hybridized carbons (Fsp3) is 0.125. The summed E-state index contributed by atoms with van der Waals surface area (Å²) < 4.78 is 19.8. The Balaban J connectivity index is 1.55. The van der Waals surface area contributed by atoms with Crippen molar-refractivity contribution in [2.24, 2.45) is 7.05 Å². The number of benzene rings is 2. The minimum Gasteiger partial charge on any atom is -0.457 e. The summed E-state index contributed by atoms with van der Waals surface area (Å²) in [5, 5.41) is 18.4. The summed E-state index contributed by atoms with van der Waals surface area (Å²) in [6.07, 6.45) is 2.82. The minimum absolute atomic E-state index is 0.120. The topological polar surface area (TPSA) is 89.3 Å². The number of aromatic nitrogens is 3. The van der Waals surface area contributed by atoms with E-state index >= 15 is 0 Å². The molecular weight excluding hydrogens is 411 g/mol. The van der Waals surface area contributed by atoms with E-state index in [1.165, 1.54) is 12.1 Å². The maximum absolute atomic E-state index is 13.2. The van der Waals surface area contributed by atoms with Gasteiger partial charge in [0.15, 0.2) is 0 Å². The molecule has 0 spiro atoms. The Morgan fingerprint density at radius 1 is 1.22 bits per heavy atom. The molecule has 2 heterocycles. The number of rotatable bonds is 7. The lowest BCUT2D eigenvalue weighted by atomic mass is 10.0. The van der Waals surface area contributed by atoms with Gasteiger partial charge in [0.05, 0.1) is 18.5 Å². The van der Waals surface area contributed by atoms with E-state index in [0.29, 0.717) is 22.8 Å². The van der Waals surface area contributed by atoms with Crippen molar-refractivity contribution in [2.75, 3.05) is 5.32 Å². The van der Waals surface area contributed by atoms with E-state index in [-0.39, 0.29) is 12.5 Å². The molecule has 1 unspecified atom stereocenters. The maximum atomic E-state index is 13.2. The van der Waals surface area contributed by atoms with Gasteiger partial charge in [-0.05, 0) is 53.4 Å². The van der Waals surface area contributed by atoms with E-state index in [4.69, 9.17) is 4.74 Å². The number of carbonyl (C=O) groups is 1. The number of anilines is 1. The van der Waals surface area contributed by atoms with Crippen molar-refractivity contribution >= 4 is 22.5 Å². The lowest BCUT2D eigenvalue weighted by molar-refractivity contribution is 0.102. The number of aryl methyl sites for hydroxylation is 1. The number of hydrogen-bond acceptors (Lipinski definition) is 5. The Bertz CT molecular complexity index is 1280. The highest BCUT2D eigenvalue weighted by atomic mass is 19.1. The van der Waals surface area contributed by atoms with Crippen molar-refractivity contribution in [1.29, 1.82) is 0 Å². The molecule has 8 heteroatoms. The van der Waals surface area contributed by atoms with Crippen LogP contribution in [0.2, 0.25) is 0 Å². The fourth-order valence-corrected chi connectivity index (χ4v) is 3.32. The van der Waals surface area contributed by atoms with Crippen molar-refractivity contribution in [3.63, 3.8) is 0 Å². The third-order valence-corrected chi connectivity index (χ3v) is 5.04. The van der Waals surface area contributed by atoms with Crippen molar-refractivity contribution in [3.05, 3.63) is 84.8 Å². The number of ether oxygens (including phenoxy) is 1. The molecular formula is C24H21FN4O3. The number of amides is 1. The smallest absolute Gasteiger partial charge is 0.257 e. The molecule has 4 rings (SSSR count). The van der Waals surface area contributed by atoms with Crippen LogP contribution in [-0.2, 0) is 13.7 Å². The Morgan fingerprint density at radius 3 is 2.72 bits per heavy atom. The van der Waals surface area contributed by atoms with Crippen molar-refractivity contribution < 1.29 is 19.0 Å². The predicted octanol–water partition coefficient (Wildman–Crippen LogP) is 4.24. The van der Waals surface area contributed by atoms with Crippen LogP contribution in [0, 0.1) is 0 Å². The molecule has 1 atom stereocenters. The van der Waals surface area contributed by atoms with E-state index in [2.05, 4.69) is 22.0 Å². The first-order valence-corrected chi connectivity index (χ1v) is 9.85. The Kier molecular flexibility index (Phi) is 5.96. The zero-order chi connectivity index (χ0) is 22.7. The summed E-state index contributed by atoms with van der Waals surface area (Å²) in [7, 11) is 1.78. The predicted molar refractivity (Wildman–Crippen MR) is 120 cm³/mol. The molecule has 7 nitrogen and oxygen atoms in total.